The molecule has 3 N–H and O–H groups in total. The van der Waals surface area contributed by atoms with Gasteiger partial charge in [0.1, 0.15) is 11.1 Å². The van der Waals surface area contributed by atoms with Gasteiger partial charge in [0.05, 0.1) is 6.04 Å². The predicted octanol–water partition coefficient (Wildman–Crippen LogP) is 0.856. The van der Waals surface area contributed by atoms with Crippen molar-refractivity contribution in [2.24, 2.45) is 5.73 Å². The van der Waals surface area contributed by atoms with Gasteiger partial charge in [-0.2, -0.15) is 0 Å². The van der Waals surface area contributed by atoms with Crippen molar-refractivity contribution >= 4 is 17.2 Å². The third-order valence-electron chi connectivity index (χ3n) is 2.44. The first kappa shape index (κ1) is 14.1. The molecule has 0 aromatic carbocycles. The van der Waals surface area contributed by atoms with E-state index < -0.39 is 6.10 Å². The maximum absolute atomic E-state index is 11.7. The van der Waals surface area contributed by atoms with Crippen molar-refractivity contribution in [3.63, 3.8) is 0 Å². The van der Waals surface area contributed by atoms with Crippen LogP contribution in [-0.2, 0) is 16.0 Å². The maximum atomic E-state index is 11.7. The second-order valence-electron chi connectivity index (χ2n) is 3.71. The minimum atomic E-state index is -0.594. The fourth-order valence-electron chi connectivity index (χ4n) is 1.36. The Morgan fingerprint density at radius 1 is 1.71 bits per heavy atom. The monoisotopic (exact) mass is 257 g/mol. The third-order valence-corrected chi connectivity index (χ3v) is 3.76. The molecule has 0 fully saturated rings. The summed E-state index contributed by atoms with van der Waals surface area (Å²) >= 11 is 1.61. The van der Waals surface area contributed by atoms with E-state index in [0.29, 0.717) is 0 Å². The number of methoxy groups -OCH3 is 1. The van der Waals surface area contributed by atoms with Gasteiger partial charge in [-0.3, -0.25) is 4.79 Å². The Morgan fingerprint density at radius 2 is 2.41 bits per heavy atom. The van der Waals surface area contributed by atoms with Gasteiger partial charge < -0.3 is 15.8 Å². The number of hydrogen-bond acceptors (Lipinski definition) is 5. The molecule has 1 aromatic heterocycles. The Labute approximate surface area is 105 Å². The average molecular weight is 257 g/mol. The van der Waals surface area contributed by atoms with Crippen molar-refractivity contribution in [1.29, 1.82) is 0 Å². The molecule has 17 heavy (non-hydrogen) atoms. The van der Waals surface area contributed by atoms with E-state index in [1.54, 1.807) is 11.3 Å². The molecule has 0 bridgehead atoms. The largest absolute Gasteiger partial charge is 0.370 e. The van der Waals surface area contributed by atoms with Crippen LogP contribution in [0.5, 0.6) is 0 Å². The maximum Gasteiger partial charge on any atom is 0.250 e. The first-order valence-electron chi connectivity index (χ1n) is 5.60. The summed E-state index contributed by atoms with van der Waals surface area (Å²) in [5, 5.41) is 3.74. The zero-order valence-corrected chi connectivity index (χ0v) is 11.2. The Hall–Kier alpha value is -0.980. The van der Waals surface area contributed by atoms with Crippen LogP contribution in [0.3, 0.4) is 0 Å². The van der Waals surface area contributed by atoms with E-state index in [9.17, 15) is 4.79 Å². The molecular weight excluding hydrogens is 238 g/mol. The van der Waals surface area contributed by atoms with E-state index >= 15 is 0 Å². The molecule has 2 atom stereocenters. The molecule has 0 aliphatic carbocycles. The van der Waals surface area contributed by atoms with E-state index in [-0.39, 0.29) is 18.5 Å². The zero-order valence-electron chi connectivity index (χ0n) is 10.4. The van der Waals surface area contributed by atoms with Crippen LogP contribution >= 0.6 is 11.3 Å². The van der Waals surface area contributed by atoms with Crippen LogP contribution in [0.1, 0.15) is 29.8 Å². The average Bonchev–Trinajstić information content (AvgIpc) is 2.79. The first-order chi connectivity index (χ1) is 8.12. The number of aromatic nitrogens is 1. The molecular formula is C11H19N3O2S. The van der Waals surface area contributed by atoms with Crippen molar-refractivity contribution in [3.05, 3.63) is 16.1 Å². The van der Waals surface area contributed by atoms with Crippen LogP contribution in [0.25, 0.3) is 0 Å². The number of rotatable bonds is 6. The van der Waals surface area contributed by atoms with Crippen molar-refractivity contribution in [1.82, 2.24) is 10.3 Å². The summed E-state index contributed by atoms with van der Waals surface area (Å²) < 4.78 is 4.97. The molecule has 0 aliphatic rings. The Balaban J connectivity index is 2.59. The van der Waals surface area contributed by atoms with Gasteiger partial charge in [0, 0.05) is 24.7 Å². The standard InChI is InChI=1S/C11H19N3O2S/c1-4-8-6-13-11(17-8)7(2)14-10(15)9(5-12)16-3/h6-7,9H,4-5,12H2,1-3H3,(H,14,15). The topological polar surface area (TPSA) is 77.2 Å². The summed E-state index contributed by atoms with van der Waals surface area (Å²) in [6, 6.07) is -0.114. The lowest BCUT2D eigenvalue weighted by Gasteiger charge is -2.16. The Morgan fingerprint density at radius 3 is 2.88 bits per heavy atom. The lowest BCUT2D eigenvalue weighted by atomic mass is 10.3. The predicted molar refractivity (Wildman–Crippen MR) is 67.9 cm³/mol. The number of aryl methyl sites for hydroxylation is 1. The summed E-state index contributed by atoms with van der Waals surface area (Å²) in [4.78, 5) is 17.2. The molecule has 96 valence electrons. The number of carbonyl (C=O) groups excluding carboxylic acids is 1. The fourth-order valence-corrected chi connectivity index (χ4v) is 2.22. The highest BCUT2D eigenvalue weighted by molar-refractivity contribution is 7.11. The SMILES string of the molecule is CCc1cnc(C(C)NC(=O)C(CN)OC)s1. The van der Waals surface area contributed by atoms with E-state index in [1.165, 1.54) is 12.0 Å². The van der Waals surface area contributed by atoms with Gasteiger partial charge in [-0.15, -0.1) is 11.3 Å². The molecule has 2 unspecified atom stereocenters. The van der Waals surface area contributed by atoms with Crippen LogP contribution < -0.4 is 11.1 Å². The normalized spacial score (nSPS) is 14.4. The molecule has 0 saturated carbocycles. The van der Waals surface area contributed by atoms with E-state index in [0.717, 1.165) is 11.4 Å². The number of nitrogens with zero attached hydrogens (tertiary/aromatic N) is 1. The summed E-state index contributed by atoms with van der Waals surface area (Å²) in [6.07, 6.45) is 2.21. The number of ether oxygens (including phenoxy) is 1. The zero-order chi connectivity index (χ0) is 12.8. The summed E-state index contributed by atoms with van der Waals surface area (Å²) in [5.41, 5.74) is 5.43. The van der Waals surface area contributed by atoms with E-state index in [1.807, 2.05) is 13.1 Å². The van der Waals surface area contributed by atoms with Gasteiger partial charge in [0.2, 0.25) is 0 Å². The molecule has 6 heteroatoms. The van der Waals surface area contributed by atoms with Crippen molar-refractivity contribution in [2.75, 3.05) is 13.7 Å². The Kier molecular flexibility index (Phi) is 5.54. The minimum Gasteiger partial charge on any atom is -0.370 e. The van der Waals surface area contributed by atoms with E-state index in [4.69, 9.17) is 10.5 Å². The summed E-state index contributed by atoms with van der Waals surface area (Å²) in [5.74, 6) is -0.198. The van der Waals surface area contributed by atoms with Crippen LogP contribution in [0.15, 0.2) is 6.20 Å². The molecule has 1 amide bonds. The quantitative estimate of drug-likeness (QED) is 0.792. The Bertz CT molecular complexity index is 363. The van der Waals surface area contributed by atoms with Crippen LogP contribution in [0, 0.1) is 0 Å². The molecule has 5 nitrogen and oxygen atoms in total. The second kappa shape index (κ2) is 6.68. The highest BCUT2D eigenvalue weighted by atomic mass is 32.1. The molecule has 0 saturated heterocycles. The van der Waals surface area contributed by atoms with Crippen molar-refractivity contribution < 1.29 is 9.53 Å². The fraction of sp³-hybridized carbons (Fsp3) is 0.636. The number of nitrogens with two attached hydrogens (primary N) is 1. The van der Waals surface area contributed by atoms with Crippen molar-refractivity contribution in [3.8, 4) is 0 Å². The van der Waals surface area contributed by atoms with Gasteiger partial charge in [0.15, 0.2) is 0 Å². The van der Waals surface area contributed by atoms with Gasteiger partial charge in [0.25, 0.3) is 5.91 Å². The minimum absolute atomic E-state index is 0.114. The lowest BCUT2D eigenvalue weighted by molar-refractivity contribution is -0.131. The molecule has 0 aliphatic heterocycles. The number of amides is 1. The smallest absolute Gasteiger partial charge is 0.250 e. The second-order valence-corrected chi connectivity index (χ2v) is 4.86. The number of thiazole rings is 1. The van der Waals surface area contributed by atoms with Gasteiger partial charge in [-0.05, 0) is 13.3 Å². The lowest BCUT2D eigenvalue weighted by Crippen LogP contribution is -2.41. The van der Waals surface area contributed by atoms with Gasteiger partial charge in [-0.1, -0.05) is 6.92 Å². The highest BCUT2D eigenvalue weighted by Crippen LogP contribution is 2.20. The first-order valence-corrected chi connectivity index (χ1v) is 6.41. The van der Waals surface area contributed by atoms with Gasteiger partial charge >= 0.3 is 0 Å². The molecule has 0 radical (unpaired) electrons. The molecule has 1 rings (SSSR count). The van der Waals surface area contributed by atoms with Gasteiger partial charge in [-0.25, -0.2) is 4.98 Å². The molecule has 1 heterocycles. The van der Waals surface area contributed by atoms with Crippen LogP contribution in [-0.4, -0.2) is 30.6 Å². The van der Waals surface area contributed by atoms with Crippen LogP contribution in [0.2, 0.25) is 0 Å². The number of carbonyl (C=O) groups is 1. The van der Waals surface area contributed by atoms with Crippen LogP contribution in [0.4, 0.5) is 0 Å². The molecule has 0 spiro atoms. The summed E-state index contributed by atoms with van der Waals surface area (Å²) in [6.45, 7) is 4.16. The number of nitrogens with one attached hydrogen (secondary N) is 1. The highest BCUT2D eigenvalue weighted by Gasteiger charge is 2.19. The third kappa shape index (κ3) is 3.76. The van der Waals surface area contributed by atoms with Crippen molar-refractivity contribution in [2.45, 2.75) is 32.4 Å². The number of hydrogen-bond donors (Lipinski definition) is 2. The molecule has 1 aromatic rings. The van der Waals surface area contributed by atoms with E-state index in [2.05, 4.69) is 17.2 Å². The summed E-state index contributed by atoms with van der Waals surface area (Å²) in [7, 11) is 1.47.